The third-order valence-electron chi connectivity index (χ3n) is 5.50. The summed E-state index contributed by atoms with van der Waals surface area (Å²) in [6.07, 6.45) is 1.73. The minimum Gasteiger partial charge on any atom is -0.494 e. The Morgan fingerprint density at radius 2 is 1.81 bits per heavy atom. The molecule has 1 N–H and O–H groups in total. The van der Waals surface area contributed by atoms with Crippen LogP contribution in [0, 0.1) is 0 Å². The van der Waals surface area contributed by atoms with Crippen LogP contribution in [0.5, 0.6) is 5.75 Å². The first kappa shape index (κ1) is 20.8. The van der Waals surface area contributed by atoms with E-state index in [9.17, 15) is 14.4 Å². The predicted octanol–water partition coefficient (Wildman–Crippen LogP) is 1.95. The maximum Gasteiger partial charge on any atom is 0.317 e. The Bertz CT molecular complexity index is 920. The summed E-state index contributed by atoms with van der Waals surface area (Å²) in [6.45, 7) is 4.67. The van der Waals surface area contributed by atoms with Crippen molar-refractivity contribution in [2.24, 2.45) is 0 Å². The first-order valence-electron chi connectivity index (χ1n) is 10.5. The van der Waals surface area contributed by atoms with E-state index in [0.717, 1.165) is 11.4 Å². The largest absolute Gasteiger partial charge is 0.494 e. The van der Waals surface area contributed by atoms with Crippen LogP contribution >= 0.6 is 0 Å². The molecule has 4 amide bonds. The van der Waals surface area contributed by atoms with E-state index in [1.165, 1.54) is 6.26 Å². The van der Waals surface area contributed by atoms with E-state index < -0.39 is 0 Å². The number of amides is 4. The average Bonchev–Trinajstić information content (AvgIpc) is 3.44. The summed E-state index contributed by atoms with van der Waals surface area (Å²) in [4.78, 5) is 42.5. The van der Waals surface area contributed by atoms with Crippen molar-refractivity contribution in [3.8, 4) is 5.75 Å². The highest BCUT2D eigenvalue weighted by atomic mass is 16.5. The molecule has 2 aromatic rings. The first-order chi connectivity index (χ1) is 15.0. The van der Waals surface area contributed by atoms with Crippen molar-refractivity contribution in [1.82, 2.24) is 15.1 Å². The summed E-state index contributed by atoms with van der Waals surface area (Å²) in [5.74, 6) is 0.866. The summed E-state index contributed by atoms with van der Waals surface area (Å²) in [6, 6.07) is 10.2. The third kappa shape index (κ3) is 4.65. The fourth-order valence-electron chi connectivity index (χ4n) is 3.88. The van der Waals surface area contributed by atoms with Gasteiger partial charge in [-0.3, -0.25) is 9.59 Å². The third-order valence-corrected chi connectivity index (χ3v) is 5.50. The zero-order valence-electron chi connectivity index (χ0n) is 17.5. The molecule has 1 aromatic carbocycles. The summed E-state index contributed by atoms with van der Waals surface area (Å²) in [7, 11) is 0. The number of hydrogen-bond acceptors (Lipinski definition) is 5. The molecule has 0 spiro atoms. The standard InChI is InChI=1S/C22H26N4O5/c1-2-30-18-7-5-17(6-8-18)26-15-16(14-20(26)27)23-22(29)25-11-9-24(10-12-25)21(28)19-4-3-13-31-19/h3-8,13,16H,2,9-12,14-15H2,1H3,(H,23,29)/t16-/m1/s1. The average molecular weight is 426 g/mol. The lowest BCUT2D eigenvalue weighted by atomic mass is 10.2. The number of carbonyl (C=O) groups excluding carboxylic acids is 3. The lowest BCUT2D eigenvalue weighted by molar-refractivity contribution is -0.117. The second-order valence-corrected chi connectivity index (χ2v) is 7.54. The molecule has 2 fully saturated rings. The monoisotopic (exact) mass is 426 g/mol. The second kappa shape index (κ2) is 9.11. The molecule has 9 nitrogen and oxygen atoms in total. The molecule has 2 aliphatic rings. The van der Waals surface area contributed by atoms with Gasteiger partial charge in [0.1, 0.15) is 5.75 Å². The van der Waals surface area contributed by atoms with Crippen LogP contribution in [0.4, 0.5) is 10.5 Å². The number of rotatable bonds is 5. The normalized spacial score (nSPS) is 18.9. The van der Waals surface area contributed by atoms with Crippen molar-refractivity contribution in [3.05, 3.63) is 48.4 Å². The molecule has 0 aliphatic carbocycles. The number of anilines is 1. The number of nitrogens with zero attached hydrogens (tertiary/aromatic N) is 3. The Balaban J connectivity index is 1.27. The SMILES string of the molecule is CCOc1ccc(N2C[C@H](NC(=O)N3CCN(C(=O)c4ccco4)CC3)CC2=O)cc1. The van der Waals surface area contributed by atoms with Gasteiger partial charge in [0.15, 0.2) is 5.76 Å². The lowest BCUT2D eigenvalue weighted by Gasteiger charge is -2.34. The predicted molar refractivity (Wildman–Crippen MR) is 113 cm³/mol. The molecule has 0 saturated carbocycles. The maximum atomic E-state index is 12.7. The smallest absolute Gasteiger partial charge is 0.317 e. The van der Waals surface area contributed by atoms with Gasteiger partial charge in [-0.15, -0.1) is 0 Å². The fraction of sp³-hybridized carbons (Fsp3) is 0.409. The highest BCUT2D eigenvalue weighted by Crippen LogP contribution is 2.24. The van der Waals surface area contributed by atoms with Crippen LogP contribution in [0.3, 0.4) is 0 Å². The highest BCUT2D eigenvalue weighted by molar-refractivity contribution is 5.97. The molecule has 4 rings (SSSR count). The van der Waals surface area contributed by atoms with Crippen LogP contribution in [0.2, 0.25) is 0 Å². The Morgan fingerprint density at radius 1 is 1.10 bits per heavy atom. The molecule has 9 heteroatoms. The molecule has 0 unspecified atom stereocenters. The van der Waals surface area contributed by atoms with Crippen LogP contribution in [0.15, 0.2) is 47.1 Å². The molecular formula is C22H26N4O5. The molecule has 2 aliphatic heterocycles. The second-order valence-electron chi connectivity index (χ2n) is 7.54. The van der Waals surface area contributed by atoms with E-state index in [1.807, 2.05) is 31.2 Å². The quantitative estimate of drug-likeness (QED) is 0.789. The number of hydrogen-bond donors (Lipinski definition) is 1. The minimum atomic E-state index is -0.255. The van der Waals surface area contributed by atoms with Crippen LogP contribution in [0.1, 0.15) is 23.9 Å². The summed E-state index contributed by atoms with van der Waals surface area (Å²) < 4.78 is 10.6. The number of furan rings is 1. The summed E-state index contributed by atoms with van der Waals surface area (Å²) in [5.41, 5.74) is 0.787. The van der Waals surface area contributed by atoms with E-state index in [-0.39, 0.29) is 30.3 Å². The van der Waals surface area contributed by atoms with Crippen molar-refractivity contribution in [3.63, 3.8) is 0 Å². The lowest BCUT2D eigenvalue weighted by Crippen LogP contribution is -2.54. The van der Waals surface area contributed by atoms with Crippen LogP contribution in [0.25, 0.3) is 0 Å². The molecule has 3 heterocycles. The number of carbonyl (C=O) groups is 3. The van der Waals surface area contributed by atoms with Gasteiger partial charge in [-0.05, 0) is 43.3 Å². The Hall–Kier alpha value is -3.49. The van der Waals surface area contributed by atoms with Crippen LogP contribution in [-0.2, 0) is 4.79 Å². The zero-order chi connectivity index (χ0) is 21.8. The number of benzene rings is 1. The first-order valence-corrected chi connectivity index (χ1v) is 10.5. The fourth-order valence-corrected chi connectivity index (χ4v) is 3.88. The Morgan fingerprint density at radius 3 is 2.45 bits per heavy atom. The van der Waals surface area contributed by atoms with Gasteiger partial charge in [0.25, 0.3) is 5.91 Å². The number of nitrogens with one attached hydrogen (secondary N) is 1. The van der Waals surface area contributed by atoms with E-state index in [2.05, 4.69) is 5.32 Å². The van der Waals surface area contributed by atoms with Crippen LogP contribution < -0.4 is 15.0 Å². The zero-order valence-corrected chi connectivity index (χ0v) is 17.5. The topological polar surface area (TPSA) is 95.3 Å². The van der Waals surface area contributed by atoms with Gasteiger partial charge < -0.3 is 29.2 Å². The Labute approximate surface area is 180 Å². The van der Waals surface area contributed by atoms with E-state index >= 15 is 0 Å². The molecule has 2 saturated heterocycles. The van der Waals surface area contributed by atoms with Crippen molar-refractivity contribution in [2.45, 2.75) is 19.4 Å². The number of ether oxygens (including phenoxy) is 1. The molecule has 1 aromatic heterocycles. The summed E-state index contributed by atoms with van der Waals surface area (Å²) >= 11 is 0. The van der Waals surface area contributed by atoms with Gasteiger partial charge >= 0.3 is 6.03 Å². The van der Waals surface area contributed by atoms with Gasteiger partial charge in [-0.2, -0.15) is 0 Å². The van der Waals surface area contributed by atoms with Gasteiger partial charge in [-0.1, -0.05) is 0 Å². The van der Waals surface area contributed by atoms with Gasteiger partial charge in [0.05, 0.1) is 18.9 Å². The number of urea groups is 1. The van der Waals surface area contributed by atoms with Crippen molar-refractivity contribution < 1.29 is 23.5 Å². The highest BCUT2D eigenvalue weighted by Gasteiger charge is 2.33. The molecule has 31 heavy (non-hydrogen) atoms. The molecule has 0 bridgehead atoms. The van der Waals surface area contributed by atoms with Gasteiger partial charge in [-0.25, -0.2) is 4.79 Å². The number of piperazine rings is 1. The molecule has 164 valence electrons. The van der Waals surface area contributed by atoms with E-state index in [4.69, 9.17) is 9.15 Å². The van der Waals surface area contributed by atoms with Gasteiger partial charge in [0, 0.05) is 44.8 Å². The molecule has 0 radical (unpaired) electrons. The maximum absolute atomic E-state index is 12.7. The van der Waals surface area contributed by atoms with Crippen molar-refractivity contribution in [2.75, 3.05) is 44.2 Å². The van der Waals surface area contributed by atoms with Crippen molar-refractivity contribution >= 4 is 23.5 Å². The summed E-state index contributed by atoms with van der Waals surface area (Å²) in [5, 5.41) is 2.96. The molecular weight excluding hydrogens is 400 g/mol. The van der Waals surface area contributed by atoms with E-state index in [0.29, 0.717) is 45.1 Å². The van der Waals surface area contributed by atoms with E-state index in [1.54, 1.807) is 26.8 Å². The molecule has 1 atom stereocenters. The van der Waals surface area contributed by atoms with Crippen molar-refractivity contribution in [1.29, 1.82) is 0 Å². The van der Waals surface area contributed by atoms with Gasteiger partial charge in [0.2, 0.25) is 5.91 Å². The van der Waals surface area contributed by atoms with Crippen LogP contribution in [-0.4, -0.2) is 73.0 Å². The Kier molecular flexibility index (Phi) is 6.11. The minimum absolute atomic E-state index is 0.0247.